The number of methoxy groups -OCH3 is 2. The number of benzene rings is 2. The smallest absolute Gasteiger partial charge is 0.221 e. The fourth-order valence-corrected chi connectivity index (χ4v) is 5.29. The van der Waals surface area contributed by atoms with Crippen molar-refractivity contribution in [2.75, 3.05) is 24.4 Å². The van der Waals surface area contributed by atoms with Crippen molar-refractivity contribution in [2.45, 2.75) is 25.9 Å². The Hall–Kier alpha value is -4.37. The third-order valence-electron chi connectivity index (χ3n) is 6.61. The summed E-state index contributed by atoms with van der Waals surface area (Å²) in [5.41, 5.74) is 5.38. The molecule has 194 valence electrons. The van der Waals surface area contributed by atoms with Gasteiger partial charge in [0.25, 0.3) is 0 Å². The molecule has 4 aromatic rings. The lowest BCUT2D eigenvalue weighted by Crippen LogP contribution is -2.30. The Morgan fingerprint density at radius 2 is 1.76 bits per heavy atom. The third-order valence-corrected chi connectivity index (χ3v) is 6.92. The number of aromatic nitrogens is 2. The Morgan fingerprint density at radius 3 is 2.42 bits per heavy atom. The molecule has 8 nitrogen and oxygen atoms in total. The molecule has 2 N–H and O–H groups in total. The number of amides is 1. The lowest BCUT2D eigenvalue weighted by atomic mass is 10.0. The fourth-order valence-electron chi connectivity index (χ4n) is 4.94. The monoisotopic (exact) mass is 527 g/mol. The first-order chi connectivity index (χ1) is 18.4. The summed E-state index contributed by atoms with van der Waals surface area (Å²) in [5.74, 6) is 1.17. The zero-order valence-electron chi connectivity index (χ0n) is 21.6. The first kappa shape index (κ1) is 25.3. The highest BCUT2D eigenvalue weighted by molar-refractivity contribution is 7.80. The maximum Gasteiger partial charge on any atom is 0.221 e. The highest BCUT2D eigenvalue weighted by Gasteiger charge is 2.42. The minimum absolute atomic E-state index is 0.186. The van der Waals surface area contributed by atoms with Crippen molar-refractivity contribution in [1.82, 2.24) is 14.9 Å². The summed E-state index contributed by atoms with van der Waals surface area (Å²) in [4.78, 5) is 18.7. The first-order valence-electron chi connectivity index (χ1n) is 12.2. The highest BCUT2D eigenvalue weighted by atomic mass is 32.1. The van der Waals surface area contributed by atoms with E-state index < -0.39 is 0 Å². The van der Waals surface area contributed by atoms with Gasteiger partial charge in [-0.3, -0.25) is 9.78 Å². The lowest BCUT2D eigenvalue weighted by molar-refractivity contribution is -0.114. The van der Waals surface area contributed by atoms with Crippen LogP contribution in [0.5, 0.6) is 11.5 Å². The predicted octanol–water partition coefficient (Wildman–Crippen LogP) is 5.33. The maximum absolute atomic E-state index is 11.9. The topological polar surface area (TPSA) is 80.7 Å². The number of carbonyl (C=O) groups is 1. The molecule has 0 unspecified atom stereocenters. The summed E-state index contributed by atoms with van der Waals surface area (Å²) in [6.07, 6.45) is 1.79. The van der Waals surface area contributed by atoms with E-state index in [2.05, 4.69) is 44.1 Å². The number of nitrogens with zero attached hydrogens (tertiary/aromatic N) is 3. The molecule has 1 aliphatic heterocycles. The summed E-state index contributed by atoms with van der Waals surface area (Å²) in [7, 11) is 3.23. The van der Waals surface area contributed by atoms with Crippen molar-refractivity contribution in [3.63, 3.8) is 0 Å². The minimum atomic E-state index is -0.244. The molecule has 5 rings (SSSR count). The van der Waals surface area contributed by atoms with Crippen LogP contribution in [-0.2, 0) is 4.79 Å². The number of rotatable bonds is 7. The Bertz CT molecular complexity index is 1470. The molecule has 9 heteroatoms. The zero-order valence-corrected chi connectivity index (χ0v) is 22.5. The molecule has 1 aliphatic rings. The van der Waals surface area contributed by atoms with E-state index in [-0.39, 0.29) is 18.0 Å². The van der Waals surface area contributed by atoms with Crippen molar-refractivity contribution in [3.05, 3.63) is 96.1 Å². The van der Waals surface area contributed by atoms with Gasteiger partial charge in [0.1, 0.15) is 17.5 Å². The predicted molar refractivity (Wildman–Crippen MR) is 152 cm³/mol. The van der Waals surface area contributed by atoms with Gasteiger partial charge in [0.15, 0.2) is 5.11 Å². The van der Waals surface area contributed by atoms with Crippen LogP contribution < -0.4 is 25.0 Å². The number of carbonyl (C=O) groups excluding carboxylic acids is 1. The largest absolute Gasteiger partial charge is 0.497 e. The van der Waals surface area contributed by atoms with Gasteiger partial charge in [-0.25, -0.2) is 0 Å². The van der Waals surface area contributed by atoms with E-state index in [1.54, 1.807) is 20.4 Å². The van der Waals surface area contributed by atoms with Crippen molar-refractivity contribution >= 4 is 34.6 Å². The number of hydrogen-bond acceptors (Lipinski definition) is 5. The molecule has 2 aromatic carbocycles. The molecule has 0 saturated carbocycles. The van der Waals surface area contributed by atoms with Crippen LogP contribution in [0.15, 0.2) is 79.0 Å². The average molecular weight is 528 g/mol. The number of aryl methyl sites for hydroxylation is 1. The SMILES string of the molecule is COc1ccc(-n2c(C)ccc2[C@@H]2[C@@H](c3ccccn3)NC(=S)N2c2ccc(OC)c(NC(C)=O)c2)cc1. The Balaban J connectivity index is 1.68. The van der Waals surface area contributed by atoms with Gasteiger partial charge in [-0.2, -0.15) is 0 Å². The molecule has 1 amide bonds. The molecule has 0 radical (unpaired) electrons. The molecular weight excluding hydrogens is 498 g/mol. The number of ether oxygens (including phenoxy) is 2. The quantitative estimate of drug-likeness (QED) is 0.314. The van der Waals surface area contributed by atoms with Gasteiger partial charge in [0.2, 0.25) is 5.91 Å². The second-order valence-electron chi connectivity index (χ2n) is 9.00. The number of anilines is 2. The summed E-state index contributed by atoms with van der Waals surface area (Å²) in [6, 6.07) is 23.3. The van der Waals surface area contributed by atoms with E-state index in [0.29, 0.717) is 16.5 Å². The second kappa shape index (κ2) is 10.5. The van der Waals surface area contributed by atoms with Crippen molar-refractivity contribution in [3.8, 4) is 17.2 Å². The molecule has 38 heavy (non-hydrogen) atoms. The summed E-state index contributed by atoms with van der Waals surface area (Å²) in [5, 5.41) is 6.93. The lowest BCUT2D eigenvalue weighted by Gasteiger charge is -2.30. The Kier molecular flexibility index (Phi) is 7.02. The molecule has 0 bridgehead atoms. The number of thiocarbonyl (C=S) groups is 1. The third kappa shape index (κ3) is 4.68. The molecule has 2 aromatic heterocycles. The maximum atomic E-state index is 11.9. The molecule has 3 heterocycles. The van der Waals surface area contributed by atoms with E-state index in [4.69, 9.17) is 21.7 Å². The van der Waals surface area contributed by atoms with Gasteiger partial charge in [0, 0.05) is 35.9 Å². The first-order valence-corrected chi connectivity index (χ1v) is 12.6. The number of nitrogens with one attached hydrogen (secondary N) is 2. The summed E-state index contributed by atoms with van der Waals surface area (Å²) >= 11 is 5.91. The van der Waals surface area contributed by atoms with Crippen LogP contribution in [0.4, 0.5) is 11.4 Å². The zero-order chi connectivity index (χ0) is 26.8. The number of hydrogen-bond donors (Lipinski definition) is 2. The van der Waals surface area contributed by atoms with E-state index in [1.165, 1.54) is 6.92 Å². The average Bonchev–Trinajstić information content (AvgIpc) is 3.48. The summed E-state index contributed by atoms with van der Waals surface area (Å²) in [6.45, 7) is 3.55. The van der Waals surface area contributed by atoms with Gasteiger partial charge < -0.3 is 29.6 Å². The fraction of sp³-hybridized carbons (Fsp3) is 0.207. The highest BCUT2D eigenvalue weighted by Crippen LogP contribution is 2.44. The Morgan fingerprint density at radius 1 is 1.00 bits per heavy atom. The summed E-state index contributed by atoms with van der Waals surface area (Å²) < 4.78 is 13.1. The van der Waals surface area contributed by atoms with Crippen LogP contribution in [0.2, 0.25) is 0 Å². The van der Waals surface area contributed by atoms with E-state index >= 15 is 0 Å². The number of pyridine rings is 1. The molecule has 1 saturated heterocycles. The van der Waals surface area contributed by atoms with Crippen LogP contribution in [-0.4, -0.2) is 34.8 Å². The van der Waals surface area contributed by atoms with Gasteiger partial charge in [0.05, 0.1) is 31.6 Å². The van der Waals surface area contributed by atoms with E-state index in [1.807, 2.05) is 60.7 Å². The molecule has 0 spiro atoms. The van der Waals surface area contributed by atoms with E-state index in [9.17, 15) is 4.79 Å². The van der Waals surface area contributed by atoms with Crippen molar-refractivity contribution < 1.29 is 14.3 Å². The van der Waals surface area contributed by atoms with Crippen LogP contribution in [0, 0.1) is 6.92 Å². The molecule has 1 fully saturated rings. The van der Waals surface area contributed by atoms with Crippen LogP contribution in [0.3, 0.4) is 0 Å². The standard InChI is InChI=1S/C29H29N5O3S/c1-18-8-14-25(33(18)20-9-12-22(36-3)13-10-20)28-27(23-7-5-6-16-30-23)32-29(38)34(28)21-11-15-26(37-4)24(17-21)31-19(2)35/h5-17,27-28H,1-4H3,(H,31,35)(H,32,38)/t27-,28-/m1/s1. The van der Waals surface area contributed by atoms with Gasteiger partial charge in [-0.15, -0.1) is 0 Å². The molecule has 0 aliphatic carbocycles. The van der Waals surface area contributed by atoms with Crippen LogP contribution >= 0.6 is 12.2 Å². The molecular formula is C29H29N5O3S. The van der Waals surface area contributed by atoms with Crippen LogP contribution in [0.25, 0.3) is 5.69 Å². The van der Waals surface area contributed by atoms with Crippen LogP contribution in [0.1, 0.15) is 36.1 Å². The van der Waals surface area contributed by atoms with Gasteiger partial charge >= 0.3 is 0 Å². The molecule has 2 atom stereocenters. The van der Waals surface area contributed by atoms with Crippen molar-refractivity contribution in [1.29, 1.82) is 0 Å². The normalized spacial score (nSPS) is 16.7. The van der Waals surface area contributed by atoms with Gasteiger partial charge in [-0.1, -0.05) is 6.07 Å². The second-order valence-corrected chi connectivity index (χ2v) is 9.38. The van der Waals surface area contributed by atoms with Gasteiger partial charge in [-0.05, 0) is 85.9 Å². The van der Waals surface area contributed by atoms with Crippen molar-refractivity contribution in [2.24, 2.45) is 0 Å². The van der Waals surface area contributed by atoms with E-state index in [0.717, 1.165) is 34.2 Å². The Labute approximate surface area is 227 Å². The minimum Gasteiger partial charge on any atom is -0.497 e.